The van der Waals surface area contributed by atoms with E-state index in [0.29, 0.717) is 24.9 Å². The summed E-state index contributed by atoms with van der Waals surface area (Å²) in [5.41, 5.74) is 3.61. The number of halogens is 2. The number of carbonyl (C=O) groups excluding carboxylic acids is 1. The maximum atomic E-state index is 12.9. The van der Waals surface area contributed by atoms with Crippen LogP contribution in [0.15, 0.2) is 120 Å². The Morgan fingerprint density at radius 2 is 1.55 bits per heavy atom. The normalized spacial score (nSPS) is 14.3. The number of nitrogens with zero attached hydrogens (tertiary/aromatic N) is 1. The number of allylic oxidation sites excluding steroid dienone is 4. The van der Waals surface area contributed by atoms with E-state index in [9.17, 15) is 14.3 Å². The summed E-state index contributed by atoms with van der Waals surface area (Å²) < 4.78 is 13.7. The van der Waals surface area contributed by atoms with Crippen molar-refractivity contribution in [3.05, 3.63) is 137 Å². The number of para-hydroxylation sites is 1. The third-order valence-corrected chi connectivity index (χ3v) is 5.97. The lowest BCUT2D eigenvalue weighted by Gasteiger charge is -2.38. The third-order valence-electron chi connectivity index (χ3n) is 5.70. The molecule has 0 aromatic heterocycles. The van der Waals surface area contributed by atoms with E-state index in [2.05, 4.69) is 29.1 Å². The summed E-state index contributed by atoms with van der Waals surface area (Å²) in [5.74, 6) is -0.239. The van der Waals surface area contributed by atoms with Gasteiger partial charge in [-0.05, 0) is 61.2 Å². The maximum Gasteiger partial charge on any atom is 0.231 e. The summed E-state index contributed by atoms with van der Waals surface area (Å²) in [5, 5.41) is 18.6. The highest BCUT2D eigenvalue weighted by Gasteiger charge is 2.37. The molecule has 1 aliphatic heterocycles. The second kappa shape index (κ2) is 19.7. The van der Waals surface area contributed by atoms with Crippen LogP contribution < -0.4 is 4.90 Å². The van der Waals surface area contributed by atoms with Crippen molar-refractivity contribution in [3.8, 4) is 0 Å². The predicted octanol–water partition coefficient (Wildman–Crippen LogP) is 8.53. The molecule has 0 aliphatic carbocycles. The Kier molecular flexibility index (Phi) is 17.1. The van der Waals surface area contributed by atoms with Gasteiger partial charge in [-0.1, -0.05) is 115 Å². The number of hydrogen-bond acceptors (Lipinski definition) is 3. The summed E-state index contributed by atoms with van der Waals surface area (Å²) in [6.07, 6.45) is 4.25. The van der Waals surface area contributed by atoms with Gasteiger partial charge in [-0.15, -0.1) is 0 Å². The van der Waals surface area contributed by atoms with Crippen molar-refractivity contribution < 1.29 is 19.4 Å². The van der Waals surface area contributed by atoms with Gasteiger partial charge in [0.15, 0.2) is 0 Å². The number of rotatable bonds is 8. The first-order valence-corrected chi connectivity index (χ1v) is 14.1. The largest absolute Gasteiger partial charge is 0.392 e. The molecule has 1 fully saturated rings. The van der Waals surface area contributed by atoms with Gasteiger partial charge in [-0.25, -0.2) is 4.39 Å². The molecule has 214 valence electrons. The number of anilines is 1. The number of carbonyl (C=O) groups is 1. The van der Waals surface area contributed by atoms with Crippen molar-refractivity contribution in [1.82, 2.24) is 0 Å². The highest BCUT2D eigenvalue weighted by Crippen LogP contribution is 2.31. The summed E-state index contributed by atoms with van der Waals surface area (Å²) in [6.45, 7) is 14.1. The van der Waals surface area contributed by atoms with E-state index in [0.717, 1.165) is 21.3 Å². The summed E-state index contributed by atoms with van der Waals surface area (Å²) in [4.78, 5) is 13.9. The molecule has 0 bridgehead atoms. The Morgan fingerprint density at radius 1 is 1.00 bits per heavy atom. The number of β-lactam (4-membered cyclic amide) rings is 1. The molecule has 1 amide bonds. The van der Waals surface area contributed by atoms with Gasteiger partial charge in [0.1, 0.15) is 5.82 Å². The molecule has 40 heavy (non-hydrogen) atoms. The SMILES string of the molecule is C=C(C)/C=C\C(=C)Br.CC.O=C1[C@H](CCC(O)c2ccc(F)cc2)CN1c1ccccc1.OCc1ccccc1. The van der Waals surface area contributed by atoms with Crippen LogP contribution in [0.4, 0.5) is 10.1 Å². The van der Waals surface area contributed by atoms with Gasteiger partial charge in [-0.3, -0.25) is 4.79 Å². The Hall–Kier alpha value is -3.32. The fraction of sp³-hybridized carbons (Fsp3) is 0.265. The molecule has 3 aromatic rings. The van der Waals surface area contributed by atoms with Crippen molar-refractivity contribution in [2.75, 3.05) is 11.4 Å². The number of amides is 1. The molecule has 4 rings (SSSR count). The monoisotopic (exact) mass is 609 g/mol. The molecule has 1 saturated heterocycles. The van der Waals surface area contributed by atoms with E-state index in [1.54, 1.807) is 17.0 Å². The van der Waals surface area contributed by atoms with Crippen molar-refractivity contribution in [2.45, 2.75) is 46.3 Å². The molecule has 0 radical (unpaired) electrons. The van der Waals surface area contributed by atoms with Crippen LogP contribution in [0.1, 0.15) is 50.8 Å². The second-order valence-electron chi connectivity index (χ2n) is 8.90. The van der Waals surface area contributed by atoms with Crippen LogP contribution >= 0.6 is 15.9 Å². The summed E-state index contributed by atoms with van der Waals surface area (Å²) in [6, 6.07) is 24.9. The van der Waals surface area contributed by atoms with Gasteiger partial charge in [0.2, 0.25) is 5.91 Å². The molecule has 6 heteroatoms. The Balaban J connectivity index is 0.000000366. The van der Waals surface area contributed by atoms with Crippen LogP contribution in [0.5, 0.6) is 0 Å². The molecule has 3 aromatic carbocycles. The van der Waals surface area contributed by atoms with Crippen LogP contribution in [-0.4, -0.2) is 22.7 Å². The van der Waals surface area contributed by atoms with E-state index in [1.807, 2.05) is 93.6 Å². The molecular weight excluding hydrogens is 569 g/mol. The standard InChI is InChI=1S/C18H18FNO2.C7H9Br.C7H8O.C2H6/c19-15-9-6-13(7-10-15)17(21)11-8-14-12-20(18(14)22)16-4-2-1-3-5-16;1-6(2)4-5-7(3)8;8-6-7-4-2-1-3-5-7;1-2/h1-7,9-10,14,17,21H,8,11-12H2;4-5H,1,3H2,2H3;1-5,8H,6H2;1-2H3/b;5-4-;;/t14-,17?;;;/m1.../s1. The lowest BCUT2D eigenvalue weighted by molar-refractivity contribution is -0.127. The minimum absolute atomic E-state index is 0.0321. The summed E-state index contributed by atoms with van der Waals surface area (Å²) >= 11 is 3.18. The first-order valence-electron chi connectivity index (χ1n) is 13.3. The lowest BCUT2D eigenvalue weighted by Crippen LogP contribution is -2.52. The van der Waals surface area contributed by atoms with Crippen molar-refractivity contribution in [1.29, 1.82) is 0 Å². The van der Waals surface area contributed by atoms with Crippen LogP contribution in [0.2, 0.25) is 0 Å². The predicted molar refractivity (Wildman–Crippen MR) is 169 cm³/mol. The van der Waals surface area contributed by atoms with Gasteiger partial charge in [0.25, 0.3) is 0 Å². The third kappa shape index (κ3) is 13.2. The molecule has 2 atom stereocenters. The zero-order chi connectivity index (χ0) is 29.9. The first-order chi connectivity index (χ1) is 19.2. The van der Waals surface area contributed by atoms with Gasteiger partial charge >= 0.3 is 0 Å². The van der Waals surface area contributed by atoms with E-state index < -0.39 is 6.10 Å². The van der Waals surface area contributed by atoms with Crippen molar-refractivity contribution in [3.63, 3.8) is 0 Å². The van der Waals surface area contributed by atoms with E-state index in [1.165, 1.54) is 12.1 Å². The van der Waals surface area contributed by atoms with Gasteiger partial charge in [0, 0.05) is 16.7 Å². The minimum Gasteiger partial charge on any atom is -0.392 e. The Labute approximate surface area is 247 Å². The summed E-state index contributed by atoms with van der Waals surface area (Å²) in [7, 11) is 0. The van der Waals surface area contributed by atoms with Crippen LogP contribution in [0, 0.1) is 11.7 Å². The fourth-order valence-electron chi connectivity index (χ4n) is 3.58. The molecule has 0 spiro atoms. The average Bonchev–Trinajstić information content (AvgIpc) is 2.98. The van der Waals surface area contributed by atoms with E-state index in [-0.39, 0.29) is 24.2 Å². The number of aliphatic hydroxyl groups excluding tert-OH is 2. The lowest BCUT2D eigenvalue weighted by atomic mass is 9.90. The van der Waals surface area contributed by atoms with Crippen LogP contribution in [-0.2, 0) is 11.4 Å². The topological polar surface area (TPSA) is 60.8 Å². The van der Waals surface area contributed by atoms with E-state index in [4.69, 9.17) is 5.11 Å². The minimum atomic E-state index is -0.654. The Morgan fingerprint density at radius 3 is 1.98 bits per heavy atom. The van der Waals surface area contributed by atoms with Gasteiger partial charge < -0.3 is 15.1 Å². The quantitative estimate of drug-likeness (QED) is 0.199. The molecule has 4 nitrogen and oxygen atoms in total. The average molecular weight is 611 g/mol. The number of hydrogen-bond donors (Lipinski definition) is 2. The Bertz CT molecular complexity index is 1160. The highest BCUT2D eigenvalue weighted by atomic mass is 79.9. The van der Waals surface area contributed by atoms with Crippen molar-refractivity contribution in [2.24, 2.45) is 5.92 Å². The van der Waals surface area contributed by atoms with Crippen molar-refractivity contribution >= 4 is 27.5 Å². The molecular formula is C34H41BrFNO3. The molecule has 0 saturated carbocycles. The zero-order valence-electron chi connectivity index (χ0n) is 23.6. The van der Waals surface area contributed by atoms with Crippen LogP contribution in [0.25, 0.3) is 0 Å². The molecule has 1 aliphatic rings. The molecule has 2 N–H and O–H groups in total. The number of aliphatic hydroxyl groups is 2. The van der Waals surface area contributed by atoms with Gasteiger partial charge in [0.05, 0.1) is 18.6 Å². The highest BCUT2D eigenvalue weighted by molar-refractivity contribution is 9.11. The maximum absolute atomic E-state index is 12.9. The molecule has 1 heterocycles. The second-order valence-corrected chi connectivity index (χ2v) is 9.91. The zero-order valence-corrected chi connectivity index (χ0v) is 25.2. The fourth-order valence-corrected chi connectivity index (χ4v) is 3.71. The smallest absolute Gasteiger partial charge is 0.231 e. The number of benzene rings is 3. The van der Waals surface area contributed by atoms with Gasteiger partial charge in [-0.2, -0.15) is 0 Å². The first kappa shape index (κ1) is 34.7. The molecule has 1 unspecified atom stereocenters. The van der Waals surface area contributed by atoms with Crippen LogP contribution in [0.3, 0.4) is 0 Å². The van der Waals surface area contributed by atoms with E-state index >= 15 is 0 Å².